The van der Waals surface area contributed by atoms with Crippen molar-refractivity contribution in [3.05, 3.63) is 69.8 Å². The van der Waals surface area contributed by atoms with Crippen LogP contribution in [0.15, 0.2) is 47.3 Å². The Bertz CT molecular complexity index is 997. The first-order valence-corrected chi connectivity index (χ1v) is 10.3. The second-order valence-corrected chi connectivity index (χ2v) is 7.41. The minimum atomic E-state index is -0.239. The average Bonchev–Trinajstić information content (AvgIpc) is 3.02. The molecule has 0 aliphatic heterocycles. The molecule has 2 aromatic heterocycles. The third-order valence-electron chi connectivity index (χ3n) is 3.93. The number of aryl methyl sites for hydroxylation is 2. The van der Waals surface area contributed by atoms with Crippen LogP contribution in [-0.2, 0) is 17.0 Å². The standard InChI is InChI=1S/C20H23N5O2S/c1-3-7-16-11-18(26)23-20(21-16)25-17(10-14(2)24-25)22-19(27)13-28-12-15-8-5-4-6-9-15/h4-6,8-11H,3,7,12-13H2,1-2H3,(H,22,27)(H,21,23,26). The lowest BCUT2D eigenvalue weighted by Gasteiger charge is -2.09. The number of rotatable bonds is 8. The van der Waals surface area contributed by atoms with Crippen LogP contribution in [0.3, 0.4) is 0 Å². The number of hydrogen-bond donors (Lipinski definition) is 2. The molecule has 0 aliphatic rings. The van der Waals surface area contributed by atoms with Crippen LogP contribution in [-0.4, -0.2) is 31.4 Å². The maximum atomic E-state index is 12.4. The smallest absolute Gasteiger partial charge is 0.252 e. The number of H-pyrrole nitrogens is 1. The van der Waals surface area contributed by atoms with Crippen molar-refractivity contribution >= 4 is 23.5 Å². The van der Waals surface area contributed by atoms with E-state index in [4.69, 9.17) is 0 Å². The molecule has 7 nitrogen and oxygen atoms in total. The molecule has 3 aromatic rings. The zero-order valence-corrected chi connectivity index (χ0v) is 16.8. The first-order valence-electron chi connectivity index (χ1n) is 9.14. The maximum Gasteiger partial charge on any atom is 0.252 e. The highest BCUT2D eigenvalue weighted by Gasteiger charge is 2.13. The second kappa shape index (κ2) is 9.36. The summed E-state index contributed by atoms with van der Waals surface area (Å²) in [6.07, 6.45) is 1.59. The van der Waals surface area contributed by atoms with Gasteiger partial charge < -0.3 is 5.32 Å². The molecule has 0 aliphatic carbocycles. The van der Waals surface area contributed by atoms with Crippen molar-refractivity contribution in [2.24, 2.45) is 0 Å². The van der Waals surface area contributed by atoms with Crippen LogP contribution in [0.25, 0.3) is 5.95 Å². The Hall–Kier alpha value is -2.87. The van der Waals surface area contributed by atoms with Crippen molar-refractivity contribution in [3.63, 3.8) is 0 Å². The predicted molar refractivity (Wildman–Crippen MR) is 112 cm³/mol. The summed E-state index contributed by atoms with van der Waals surface area (Å²) in [6.45, 7) is 3.85. The number of hydrogen-bond acceptors (Lipinski definition) is 5. The minimum absolute atomic E-state index is 0.130. The molecule has 2 N–H and O–H groups in total. The SMILES string of the molecule is CCCc1cc(=O)[nH]c(-n2nc(C)cc2NC(=O)CSCc2ccccc2)n1. The summed E-state index contributed by atoms with van der Waals surface area (Å²) in [5.41, 5.74) is 2.36. The molecule has 0 saturated carbocycles. The molecule has 0 fully saturated rings. The van der Waals surface area contributed by atoms with Gasteiger partial charge >= 0.3 is 0 Å². The number of carbonyl (C=O) groups is 1. The highest BCUT2D eigenvalue weighted by Crippen LogP contribution is 2.16. The fraction of sp³-hybridized carbons (Fsp3) is 0.300. The first-order chi connectivity index (χ1) is 13.5. The van der Waals surface area contributed by atoms with E-state index in [0.717, 1.165) is 17.9 Å². The number of carbonyl (C=O) groups excluding carboxylic acids is 1. The zero-order valence-electron chi connectivity index (χ0n) is 15.9. The Morgan fingerprint density at radius 3 is 2.79 bits per heavy atom. The third-order valence-corrected chi connectivity index (χ3v) is 4.94. The molecule has 8 heteroatoms. The Balaban J connectivity index is 1.70. The van der Waals surface area contributed by atoms with Crippen LogP contribution < -0.4 is 10.9 Å². The van der Waals surface area contributed by atoms with Crippen LogP contribution >= 0.6 is 11.8 Å². The number of anilines is 1. The number of aromatic amines is 1. The van der Waals surface area contributed by atoms with Crippen molar-refractivity contribution in [1.29, 1.82) is 0 Å². The fourth-order valence-corrected chi connectivity index (χ4v) is 3.53. The molecule has 0 bridgehead atoms. The Morgan fingerprint density at radius 2 is 2.04 bits per heavy atom. The molecular weight excluding hydrogens is 374 g/mol. The Kier molecular flexibility index (Phi) is 6.65. The molecule has 146 valence electrons. The van der Waals surface area contributed by atoms with Gasteiger partial charge in [-0.2, -0.15) is 9.78 Å². The number of benzene rings is 1. The van der Waals surface area contributed by atoms with Gasteiger partial charge in [-0.05, 0) is 18.9 Å². The molecule has 2 heterocycles. The van der Waals surface area contributed by atoms with Gasteiger partial charge in [-0.1, -0.05) is 43.7 Å². The van der Waals surface area contributed by atoms with E-state index in [1.165, 1.54) is 28.1 Å². The molecule has 1 amide bonds. The molecular formula is C20H23N5O2S. The molecule has 0 atom stereocenters. The summed E-state index contributed by atoms with van der Waals surface area (Å²) in [5, 5.41) is 7.23. The van der Waals surface area contributed by atoms with Crippen LogP contribution in [0.5, 0.6) is 0 Å². The van der Waals surface area contributed by atoms with Crippen LogP contribution in [0.1, 0.15) is 30.3 Å². The number of thioether (sulfide) groups is 1. The molecule has 28 heavy (non-hydrogen) atoms. The van der Waals surface area contributed by atoms with Gasteiger partial charge in [0.05, 0.1) is 11.4 Å². The fourth-order valence-electron chi connectivity index (χ4n) is 2.74. The molecule has 0 saturated heterocycles. The lowest BCUT2D eigenvalue weighted by atomic mass is 10.2. The van der Waals surface area contributed by atoms with Crippen LogP contribution in [0.2, 0.25) is 0 Å². The Labute approximate surface area is 167 Å². The van der Waals surface area contributed by atoms with Gasteiger partial charge in [0, 0.05) is 23.6 Å². The van der Waals surface area contributed by atoms with E-state index >= 15 is 0 Å². The first kappa shape index (κ1) is 19.9. The molecule has 0 unspecified atom stereocenters. The van der Waals surface area contributed by atoms with Crippen molar-refractivity contribution < 1.29 is 4.79 Å². The highest BCUT2D eigenvalue weighted by molar-refractivity contribution is 7.99. The maximum absolute atomic E-state index is 12.4. The highest BCUT2D eigenvalue weighted by atomic mass is 32.2. The lowest BCUT2D eigenvalue weighted by Crippen LogP contribution is -2.20. The topological polar surface area (TPSA) is 92.7 Å². The number of aromatic nitrogens is 4. The van der Waals surface area contributed by atoms with Gasteiger partial charge in [-0.3, -0.25) is 14.6 Å². The van der Waals surface area contributed by atoms with Crippen molar-refractivity contribution in [2.75, 3.05) is 11.1 Å². The van der Waals surface area contributed by atoms with Crippen molar-refractivity contribution in [3.8, 4) is 5.95 Å². The monoisotopic (exact) mass is 397 g/mol. The summed E-state index contributed by atoms with van der Waals surface area (Å²) in [7, 11) is 0. The molecule has 0 spiro atoms. The quantitative estimate of drug-likeness (QED) is 0.609. The number of amides is 1. The molecule has 3 rings (SSSR count). The van der Waals surface area contributed by atoms with Crippen LogP contribution in [0, 0.1) is 6.92 Å². The molecule has 1 aromatic carbocycles. The van der Waals surface area contributed by atoms with Crippen LogP contribution in [0.4, 0.5) is 5.82 Å². The summed E-state index contributed by atoms with van der Waals surface area (Å²) in [4.78, 5) is 31.5. The van der Waals surface area contributed by atoms with E-state index in [-0.39, 0.29) is 11.5 Å². The zero-order chi connectivity index (χ0) is 19.9. The summed E-state index contributed by atoms with van der Waals surface area (Å²) in [6, 6.07) is 13.3. The van der Waals surface area contributed by atoms with E-state index in [2.05, 4.69) is 20.4 Å². The average molecular weight is 398 g/mol. The van der Waals surface area contributed by atoms with Gasteiger partial charge in [0.15, 0.2) is 0 Å². The van der Waals surface area contributed by atoms with E-state index < -0.39 is 0 Å². The second-order valence-electron chi connectivity index (χ2n) is 6.42. The third kappa shape index (κ3) is 5.32. The van der Waals surface area contributed by atoms with Gasteiger partial charge in [0.25, 0.3) is 5.56 Å². The minimum Gasteiger partial charge on any atom is -0.310 e. The van der Waals surface area contributed by atoms with Gasteiger partial charge in [0.2, 0.25) is 11.9 Å². The lowest BCUT2D eigenvalue weighted by molar-refractivity contribution is -0.113. The summed E-state index contributed by atoms with van der Waals surface area (Å²) >= 11 is 1.54. The van der Waals surface area contributed by atoms with E-state index in [1.54, 1.807) is 6.07 Å². The van der Waals surface area contributed by atoms with Crippen molar-refractivity contribution in [2.45, 2.75) is 32.4 Å². The van der Waals surface area contributed by atoms with Crippen molar-refractivity contribution in [1.82, 2.24) is 19.7 Å². The van der Waals surface area contributed by atoms with Gasteiger partial charge in [-0.25, -0.2) is 4.98 Å². The Morgan fingerprint density at radius 1 is 1.25 bits per heavy atom. The number of nitrogens with zero attached hydrogens (tertiary/aromatic N) is 3. The number of nitrogens with one attached hydrogen (secondary N) is 2. The van der Waals surface area contributed by atoms with E-state index in [1.807, 2.05) is 44.2 Å². The largest absolute Gasteiger partial charge is 0.310 e. The van der Waals surface area contributed by atoms with Gasteiger partial charge in [0.1, 0.15) is 5.82 Å². The van der Waals surface area contributed by atoms with E-state index in [0.29, 0.717) is 29.6 Å². The normalized spacial score (nSPS) is 10.8. The van der Waals surface area contributed by atoms with Gasteiger partial charge in [-0.15, -0.1) is 11.8 Å². The summed E-state index contributed by atoms with van der Waals surface area (Å²) < 4.78 is 1.47. The summed E-state index contributed by atoms with van der Waals surface area (Å²) in [5.74, 6) is 1.74. The predicted octanol–water partition coefficient (Wildman–Crippen LogP) is 3.09. The van der Waals surface area contributed by atoms with E-state index in [9.17, 15) is 9.59 Å². The molecule has 0 radical (unpaired) electrons.